The molecule has 18 heteroatoms. The first kappa shape index (κ1) is 19.6. The number of rotatable bonds is 6. The molecule has 0 aliphatic carbocycles. The summed E-state index contributed by atoms with van der Waals surface area (Å²) < 4.78 is 0. The van der Waals surface area contributed by atoms with Crippen LogP contribution in [0, 0.1) is 40.5 Å². The summed E-state index contributed by atoms with van der Waals surface area (Å²) in [5, 5.41) is 44.7. The van der Waals surface area contributed by atoms with Crippen molar-refractivity contribution in [1.29, 1.82) is 0 Å². The Morgan fingerprint density at radius 2 is 1.39 bits per heavy atom. The quantitative estimate of drug-likeness (QED) is 0.358. The van der Waals surface area contributed by atoms with E-state index in [0.29, 0.717) is 0 Å². The van der Waals surface area contributed by atoms with Gasteiger partial charge in [-0.25, -0.2) is 4.79 Å². The van der Waals surface area contributed by atoms with E-state index in [1.54, 1.807) is 0 Å². The summed E-state index contributed by atoms with van der Waals surface area (Å²) in [6.45, 7) is 0. The van der Waals surface area contributed by atoms with Crippen molar-refractivity contribution in [2.24, 2.45) is 0 Å². The number of amides is 4. The van der Waals surface area contributed by atoms with Crippen molar-refractivity contribution >= 4 is 34.9 Å². The summed E-state index contributed by atoms with van der Waals surface area (Å²) in [4.78, 5) is 78.1. The second kappa shape index (κ2) is 6.86. The normalized spacial score (nSPS) is 16.4. The predicted molar refractivity (Wildman–Crippen MR) is 78.2 cm³/mol. The number of benzene rings is 1. The zero-order valence-corrected chi connectivity index (χ0v) is 12.9. The number of nitrogens with zero attached hydrogens (tertiary/aromatic N) is 5. The Balaban J connectivity index is 2.62. The lowest BCUT2D eigenvalue weighted by Crippen LogP contribution is -2.63. The van der Waals surface area contributed by atoms with E-state index in [4.69, 9.17) is 0 Å². The molecule has 18 nitrogen and oxygen atoms in total. The van der Waals surface area contributed by atoms with Gasteiger partial charge in [0.25, 0.3) is 5.69 Å². The van der Waals surface area contributed by atoms with Crippen molar-refractivity contribution in [3.63, 3.8) is 0 Å². The smallest absolute Gasteiger partial charge is 0.352 e. The van der Waals surface area contributed by atoms with Gasteiger partial charge in [-0.1, -0.05) is 5.06 Å². The number of imide groups is 2. The minimum absolute atomic E-state index is 0.241. The van der Waals surface area contributed by atoms with Gasteiger partial charge in [0.1, 0.15) is 0 Å². The third-order valence-electron chi connectivity index (χ3n) is 3.13. The first-order valence-electron chi connectivity index (χ1n) is 6.57. The molecule has 1 atom stereocenters. The third kappa shape index (κ3) is 3.31. The molecule has 1 heterocycles. The van der Waals surface area contributed by atoms with Crippen LogP contribution in [-0.2, 0) is 9.59 Å². The highest BCUT2D eigenvalue weighted by molar-refractivity contribution is 6.17. The number of hydrogen-bond donors (Lipinski definition) is 1. The Kier molecular flexibility index (Phi) is 4.79. The summed E-state index contributed by atoms with van der Waals surface area (Å²) in [5.41, 5.74) is -3.87. The van der Waals surface area contributed by atoms with Gasteiger partial charge in [0.05, 0.1) is 26.9 Å². The summed E-state index contributed by atoms with van der Waals surface area (Å²) in [6, 6.07) is -3.92. The number of non-ortho nitro benzene ring substituents is 1. The SMILES string of the molecule is O=C1NC(=O)N(Oc2c([N+](=O)[O-])cc([N+](=O)[O-])cc2[N+](=O)[O-])C(=O)C1[N+](=O)[O-]. The van der Waals surface area contributed by atoms with E-state index in [2.05, 4.69) is 4.84 Å². The molecule has 0 radical (unpaired) electrons. The maximum atomic E-state index is 12.0. The van der Waals surface area contributed by atoms with Crippen LogP contribution in [0.1, 0.15) is 0 Å². The highest BCUT2D eigenvalue weighted by Crippen LogP contribution is 2.41. The zero-order chi connectivity index (χ0) is 21.3. The van der Waals surface area contributed by atoms with Crippen LogP contribution in [0.2, 0.25) is 0 Å². The van der Waals surface area contributed by atoms with E-state index < -0.39 is 71.5 Å². The Labute approximate surface area is 149 Å². The monoisotopic (exact) mass is 400 g/mol. The molecule has 1 saturated heterocycles. The number of barbiturate groups is 1. The minimum atomic E-state index is -2.67. The molecular weight excluding hydrogens is 396 g/mol. The summed E-state index contributed by atoms with van der Waals surface area (Å²) in [7, 11) is 0. The average molecular weight is 400 g/mol. The van der Waals surface area contributed by atoms with Gasteiger partial charge >= 0.3 is 41.0 Å². The molecule has 1 aliphatic heterocycles. The minimum Gasteiger partial charge on any atom is -0.352 e. The number of nitro groups is 4. The number of nitro benzene ring substituents is 3. The van der Waals surface area contributed by atoms with Crippen LogP contribution >= 0.6 is 0 Å². The van der Waals surface area contributed by atoms with Gasteiger partial charge in [-0.05, 0) is 0 Å². The molecule has 0 saturated carbocycles. The summed E-state index contributed by atoms with van der Waals surface area (Å²) in [5.74, 6) is -4.94. The lowest BCUT2D eigenvalue weighted by Gasteiger charge is -2.24. The number of urea groups is 1. The van der Waals surface area contributed by atoms with Gasteiger partial charge in [-0.2, -0.15) is 0 Å². The van der Waals surface area contributed by atoms with Crippen molar-refractivity contribution in [2.45, 2.75) is 6.04 Å². The lowest BCUT2D eigenvalue weighted by atomic mass is 10.2. The number of carbonyl (C=O) groups excluding carboxylic acids is 3. The molecule has 1 aromatic carbocycles. The number of hydrogen-bond acceptors (Lipinski definition) is 12. The topological polar surface area (TPSA) is 248 Å². The van der Waals surface area contributed by atoms with Crippen LogP contribution in [0.4, 0.5) is 21.9 Å². The van der Waals surface area contributed by atoms with Crippen LogP contribution in [0.3, 0.4) is 0 Å². The van der Waals surface area contributed by atoms with Crippen molar-refractivity contribution in [1.82, 2.24) is 10.4 Å². The molecular formula is C10H4N6O12. The summed E-state index contributed by atoms with van der Waals surface area (Å²) in [6.07, 6.45) is 0. The Morgan fingerprint density at radius 1 is 0.893 bits per heavy atom. The van der Waals surface area contributed by atoms with E-state index >= 15 is 0 Å². The van der Waals surface area contributed by atoms with Crippen LogP contribution < -0.4 is 10.2 Å². The van der Waals surface area contributed by atoms with E-state index in [9.17, 15) is 54.8 Å². The van der Waals surface area contributed by atoms with E-state index in [-0.39, 0.29) is 12.1 Å². The highest BCUT2D eigenvalue weighted by atomic mass is 16.7. The van der Waals surface area contributed by atoms with Gasteiger partial charge in [0, 0.05) is 4.92 Å². The summed E-state index contributed by atoms with van der Waals surface area (Å²) >= 11 is 0. The van der Waals surface area contributed by atoms with Crippen LogP contribution in [0.25, 0.3) is 0 Å². The first-order valence-corrected chi connectivity index (χ1v) is 6.57. The fourth-order valence-electron chi connectivity index (χ4n) is 1.97. The van der Waals surface area contributed by atoms with E-state index in [0.717, 1.165) is 0 Å². The van der Waals surface area contributed by atoms with E-state index in [1.807, 2.05) is 0 Å². The Morgan fingerprint density at radius 3 is 1.79 bits per heavy atom. The van der Waals surface area contributed by atoms with Crippen LogP contribution in [0.15, 0.2) is 12.1 Å². The molecule has 0 spiro atoms. The maximum Gasteiger partial charge on any atom is 0.370 e. The van der Waals surface area contributed by atoms with Crippen molar-refractivity contribution < 1.29 is 38.9 Å². The van der Waals surface area contributed by atoms with Crippen molar-refractivity contribution in [3.8, 4) is 5.75 Å². The number of carbonyl (C=O) groups is 3. The fraction of sp³-hybridized carbons (Fsp3) is 0.100. The molecule has 1 aliphatic rings. The van der Waals surface area contributed by atoms with Gasteiger partial charge in [0.2, 0.25) is 0 Å². The lowest BCUT2D eigenvalue weighted by molar-refractivity contribution is -0.496. The third-order valence-corrected chi connectivity index (χ3v) is 3.13. The van der Waals surface area contributed by atoms with E-state index in [1.165, 1.54) is 5.32 Å². The van der Waals surface area contributed by atoms with Crippen molar-refractivity contribution in [2.75, 3.05) is 0 Å². The molecule has 0 bridgehead atoms. The molecule has 2 rings (SSSR count). The average Bonchev–Trinajstić information content (AvgIpc) is 2.56. The Bertz CT molecular complexity index is 937. The van der Waals surface area contributed by atoms with Gasteiger partial charge in [-0.15, -0.1) is 0 Å². The molecule has 28 heavy (non-hydrogen) atoms. The second-order valence-electron chi connectivity index (χ2n) is 4.79. The largest absolute Gasteiger partial charge is 0.370 e. The first-order chi connectivity index (χ1) is 13.0. The molecule has 1 N–H and O–H groups in total. The fourth-order valence-corrected chi connectivity index (χ4v) is 1.97. The van der Waals surface area contributed by atoms with Crippen LogP contribution in [0.5, 0.6) is 5.75 Å². The molecule has 1 unspecified atom stereocenters. The highest BCUT2D eigenvalue weighted by Gasteiger charge is 2.51. The molecule has 1 fully saturated rings. The standard InChI is InChI=1S/C10H4N6O12/c17-8-6(16(26)27)9(18)12(10(19)11-8)28-7-4(14(22)23)1-3(13(20)21)2-5(7)15(24)25/h1-2,6H,(H,11,17,19). The number of hydroxylamine groups is 2. The zero-order valence-electron chi connectivity index (χ0n) is 12.9. The predicted octanol–water partition coefficient (Wildman–Crippen LogP) is -0.571. The second-order valence-corrected chi connectivity index (χ2v) is 4.79. The number of nitrogens with one attached hydrogen (secondary N) is 1. The van der Waals surface area contributed by atoms with Gasteiger partial charge in [0.15, 0.2) is 0 Å². The van der Waals surface area contributed by atoms with Crippen molar-refractivity contribution in [3.05, 3.63) is 52.6 Å². The molecule has 1 aromatic rings. The molecule has 0 aromatic heterocycles. The van der Waals surface area contributed by atoms with Gasteiger partial charge in [-0.3, -0.25) is 55.4 Å². The maximum absolute atomic E-state index is 12.0. The van der Waals surface area contributed by atoms with Crippen LogP contribution in [-0.4, -0.2) is 48.6 Å². The molecule has 4 amide bonds. The molecule has 146 valence electrons. The van der Waals surface area contributed by atoms with Gasteiger partial charge < -0.3 is 4.84 Å². The Hall–Kier alpha value is -4.77.